The molecule has 1 N–H and O–H groups in total. The Morgan fingerprint density at radius 2 is 1.36 bits per heavy atom. The molecular weight excluding hydrogens is 568 g/mol. The summed E-state index contributed by atoms with van der Waals surface area (Å²) in [6.45, 7) is 1.80. The molecule has 4 aromatic rings. The van der Waals surface area contributed by atoms with Crippen LogP contribution in [-0.2, 0) is 25.7 Å². The second-order valence-electron chi connectivity index (χ2n) is 12.3. The lowest BCUT2D eigenvalue weighted by molar-refractivity contribution is 0.221. The molecule has 4 heterocycles. The number of hydrogen-bond donors (Lipinski definition) is 1. The van der Waals surface area contributed by atoms with Crippen LogP contribution in [0.25, 0.3) is 0 Å². The predicted molar refractivity (Wildman–Crippen MR) is 173 cm³/mol. The lowest BCUT2D eigenvalue weighted by atomic mass is 9.87. The maximum absolute atomic E-state index is 11.0. The van der Waals surface area contributed by atoms with Gasteiger partial charge in [0.25, 0.3) is 0 Å². The van der Waals surface area contributed by atoms with Crippen LogP contribution in [0.2, 0.25) is 0 Å². The van der Waals surface area contributed by atoms with Gasteiger partial charge in [-0.1, -0.05) is 18.2 Å². The molecule has 8 heteroatoms. The fourth-order valence-electron chi connectivity index (χ4n) is 7.14. The summed E-state index contributed by atoms with van der Waals surface area (Å²) >= 11 is 0. The Labute approximate surface area is 264 Å². The Morgan fingerprint density at radius 3 is 2.09 bits per heavy atom. The third kappa shape index (κ3) is 5.32. The van der Waals surface area contributed by atoms with E-state index in [1.807, 2.05) is 24.3 Å². The predicted octanol–water partition coefficient (Wildman–Crippen LogP) is 6.86. The van der Waals surface area contributed by atoms with Crippen molar-refractivity contribution in [2.75, 3.05) is 48.5 Å². The molecule has 8 rings (SSSR count). The van der Waals surface area contributed by atoms with E-state index >= 15 is 0 Å². The number of benzene rings is 4. The Morgan fingerprint density at radius 1 is 0.689 bits per heavy atom. The maximum atomic E-state index is 11.0. The average molecular weight is 609 g/mol. The van der Waals surface area contributed by atoms with Gasteiger partial charge in [-0.15, -0.1) is 0 Å². The minimum Gasteiger partial charge on any atom is -0.504 e. The number of likely N-dealkylation sites (N-methyl/N-ethyl adjacent to an activating group) is 2. The molecule has 234 valence electrons. The Bertz CT molecular complexity index is 1740. The molecule has 8 nitrogen and oxygen atoms in total. The summed E-state index contributed by atoms with van der Waals surface area (Å²) in [6.07, 6.45) is 3.24. The van der Waals surface area contributed by atoms with E-state index in [0.717, 1.165) is 49.0 Å². The third-order valence-electron chi connectivity index (χ3n) is 9.64. The van der Waals surface area contributed by atoms with E-state index in [-0.39, 0.29) is 17.8 Å². The minimum atomic E-state index is -0.0350. The first kappa shape index (κ1) is 29.3. The molecule has 0 aliphatic carbocycles. The summed E-state index contributed by atoms with van der Waals surface area (Å²) in [5.41, 5.74) is 6.86. The summed E-state index contributed by atoms with van der Waals surface area (Å²) in [4.78, 5) is 4.74. The molecule has 45 heavy (non-hydrogen) atoms. The monoisotopic (exact) mass is 608 g/mol. The van der Waals surface area contributed by atoms with Gasteiger partial charge >= 0.3 is 0 Å². The molecule has 4 aliphatic heterocycles. The van der Waals surface area contributed by atoms with Gasteiger partial charge in [0, 0.05) is 30.7 Å². The van der Waals surface area contributed by atoms with Crippen LogP contribution in [0, 0.1) is 0 Å². The smallest absolute Gasteiger partial charge is 0.204 e. The first-order chi connectivity index (χ1) is 21.9. The Kier molecular flexibility index (Phi) is 7.71. The van der Waals surface area contributed by atoms with Crippen molar-refractivity contribution in [1.82, 2.24) is 9.80 Å². The lowest BCUT2D eigenvalue weighted by Crippen LogP contribution is -2.34. The topological polar surface area (TPSA) is 72.9 Å². The highest BCUT2D eigenvalue weighted by Gasteiger charge is 2.33. The van der Waals surface area contributed by atoms with Crippen LogP contribution in [-0.4, -0.2) is 63.4 Å². The van der Waals surface area contributed by atoms with Crippen LogP contribution < -0.4 is 23.7 Å². The van der Waals surface area contributed by atoms with Crippen molar-refractivity contribution in [2.45, 2.75) is 37.8 Å². The Balaban J connectivity index is 1.43. The quantitative estimate of drug-likeness (QED) is 0.271. The summed E-state index contributed by atoms with van der Waals surface area (Å²) in [5.74, 6) is 4.32. The Hall–Kier alpha value is -4.40. The highest BCUT2D eigenvalue weighted by Crippen LogP contribution is 2.50. The third-order valence-corrected chi connectivity index (χ3v) is 9.64. The zero-order valence-electron chi connectivity index (χ0n) is 26.6. The molecule has 0 saturated heterocycles. The molecule has 0 aromatic heterocycles. The first-order valence-corrected chi connectivity index (χ1v) is 15.5. The van der Waals surface area contributed by atoms with Gasteiger partial charge in [0.05, 0.1) is 21.3 Å². The second kappa shape index (κ2) is 11.8. The van der Waals surface area contributed by atoms with Gasteiger partial charge in [0.1, 0.15) is 5.75 Å². The van der Waals surface area contributed by atoms with Crippen LogP contribution in [0.4, 0.5) is 0 Å². The zero-order valence-corrected chi connectivity index (χ0v) is 26.6. The summed E-state index contributed by atoms with van der Waals surface area (Å²) in [7, 11) is 9.23. The zero-order chi connectivity index (χ0) is 31.2. The fraction of sp³-hybridized carbons (Fsp3) is 0.351. The number of hydrogen-bond acceptors (Lipinski definition) is 8. The number of nitrogens with zero attached hydrogens (tertiary/aromatic N) is 2. The molecule has 0 radical (unpaired) electrons. The van der Waals surface area contributed by atoms with E-state index in [9.17, 15) is 5.11 Å². The van der Waals surface area contributed by atoms with Crippen LogP contribution in [0.5, 0.6) is 46.0 Å². The number of phenolic OH excluding ortho intramolecular Hbond substituents is 1. The molecule has 0 amide bonds. The normalized spacial score (nSPS) is 19.4. The summed E-state index contributed by atoms with van der Waals surface area (Å²) in [6, 6.07) is 20.6. The van der Waals surface area contributed by atoms with Gasteiger partial charge < -0.3 is 28.8 Å². The van der Waals surface area contributed by atoms with Crippen molar-refractivity contribution < 1.29 is 28.8 Å². The fourth-order valence-corrected chi connectivity index (χ4v) is 7.14. The van der Waals surface area contributed by atoms with Gasteiger partial charge in [-0.3, -0.25) is 9.80 Å². The molecule has 6 bridgehead atoms. The van der Waals surface area contributed by atoms with Crippen LogP contribution in [0.15, 0.2) is 60.7 Å². The van der Waals surface area contributed by atoms with Gasteiger partial charge in [0.2, 0.25) is 5.75 Å². The molecule has 0 unspecified atom stereocenters. The number of ether oxygens (including phenoxy) is 5. The molecule has 0 saturated carbocycles. The SMILES string of the molecule is COc1ccc2cc1Oc1cc3c(cc1OC)CCN(C)[C@@H]3Cc1ccc(cc1)Oc1c(OC)c(O)cc3c1[C@@H](C2)N(C)CC3. The number of methoxy groups -OCH3 is 3. The minimum absolute atomic E-state index is 0.0350. The van der Waals surface area contributed by atoms with Gasteiger partial charge in [-0.2, -0.15) is 0 Å². The molecule has 0 fully saturated rings. The van der Waals surface area contributed by atoms with Crippen molar-refractivity contribution >= 4 is 0 Å². The van der Waals surface area contributed by atoms with Crippen LogP contribution in [0.3, 0.4) is 0 Å². The number of aromatic hydroxyl groups is 1. The van der Waals surface area contributed by atoms with Gasteiger partial charge in [0.15, 0.2) is 34.5 Å². The first-order valence-electron chi connectivity index (χ1n) is 15.5. The average Bonchev–Trinajstić information content (AvgIpc) is 3.04. The largest absolute Gasteiger partial charge is 0.504 e. The maximum Gasteiger partial charge on any atom is 0.204 e. The van der Waals surface area contributed by atoms with Crippen LogP contribution >= 0.6 is 0 Å². The van der Waals surface area contributed by atoms with E-state index in [1.165, 1.54) is 16.7 Å². The second-order valence-corrected chi connectivity index (χ2v) is 12.3. The van der Waals surface area contributed by atoms with E-state index in [0.29, 0.717) is 46.7 Å². The van der Waals surface area contributed by atoms with Crippen molar-refractivity contribution in [3.63, 3.8) is 0 Å². The van der Waals surface area contributed by atoms with Gasteiger partial charge in [-0.25, -0.2) is 0 Å². The van der Waals surface area contributed by atoms with E-state index in [4.69, 9.17) is 23.7 Å². The van der Waals surface area contributed by atoms with Crippen molar-refractivity contribution in [3.8, 4) is 46.0 Å². The van der Waals surface area contributed by atoms with E-state index in [2.05, 4.69) is 60.3 Å². The van der Waals surface area contributed by atoms with Crippen LogP contribution in [0.1, 0.15) is 45.5 Å². The van der Waals surface area contributed by atoms with Crippen molar-refractivity contribution in [1.29, 1.82) is 0 Å². The summed E-state index contributed by atoms with van der Waals surface area (Å²) < 4.78 is 30.7. The van der Waals surface area contributed by atoms with Crippen molar-refractivity contribution in [2.24, 2.45) is 0 Å². The molecular formula is C37H40N2O6. The van der Waals surface area contributed by atoms with E-state index in [1.54, 1.807) is 21.3 Å². The highest BCUT2D eigenvalue weighted by molar-refractivity contribution is 5.62. The molecule has 0 spiro atoms. The van der Waals surface area contributed by atoms with E-state index < -0.39 is 0 Å². The van der Waals surface area contributed by atoms with Gasteiger partial charge in [-0.05, 0) is 110 Å². The number of rotatable bonds is 3. The molecule has 4 aromatic carbocycles. The summed E-state index contributed by atoms with van der Waals surface area (Å²) in [5, 5.41) is 11.0. The lowest BCUT2D eigenvalue weighted by Gasteiger charge is -2.37. The molecule has 2 atom stereocenters. The molecule has 4 aliphatic rings. The highest BCUT2D eigenvalue weighted by atomic mass is 16.5. The standard InChI is InChI=1S/C37H40N2O6/c1-38-14-12-24-20-32(42-4)34-21-27(24)28(38)16-22-6-9-26(10-7-22)44-37-35-25(19-30(40)36(37)43-5)13-15-39(2)29(35)17-23-8-11-31(41-3)33(18-23)45-34/h6-11,18-21,28-29,40H,12-17H2,1-5H3/t28-,29-/m1/s1. The number of fused-ring (bicyclic) bond motifs is 2. The number of phenols is 1. The van der Waals surface area contributed by atoms with Crippen molar-refractivity contribution in [3.05, 3.63) is 94.0 Å².